The average Bonchev–Trinajstić information content (AvgIpc) is 2.98. The third-order valence-electron chi connectivity index (χ3n) is 6.77. The second-order valence-corrected chi connectivity index (χ2v) is 9.89. The zero-order valence-corrected chi connectivity index (χ0v) is 22.4. The van der Waals surface area contributed by atoms with Crippen LogP contribution in [-0.4, -0.2) is 53.8 Å². The number of pyridine rings is 1. The van der Waals surface area contributed by atoms with Crippen LogP contribution in [0.1, 0.15) is 57.5 Å². The molecule has 9 nitrogen and oxygen atoms in total. The van der Waals surface area contributed by atoms with Crippen molar-refractivity contribution in [3.05, 3.63) is 101 Å². The Hall–Kier alpha value is -4.53. The molecular weight excluding hydrogens is 506 g/mol. The summed E-state index contributed by atoms with van der Waals surface area (Å²) in [5.74, 6) is -1.58. The molecule has 0 saturated carbocycles. The SMILES string of the molecule is O=C1N[C@@H](Cc2ccccc2)C(=O)NCCCCCCNC(=O)[C@H](Cc2ccccc2)NC(=O)c2cncc1c2. The van der Waals surface area contributed by atoms with E-state index in [4.69, 9.17) is 0 Å². The van der Waals surface area contributed by atoms with Crippen molar-refractivity contribution < 1.29 is 19.2 Å². The topological polar surface area (TPSA) is 129 Å². The largest absolute Gasteiger partial charge is 0.354 e. The number of fused-ring (bicyclic) bond motifs is 2. The summed E-state index contributed by atoms with van der Waals surface area (Å²) in [6, 6.07) is 18.8. The van der Waals surface area contributed by atoms with E-state index in [0.717, 1.165) is 36.8 Å². The number of benzene rings is 2. The molecule has 2 atom stereocenters. The Bertz CT molecular complexity index is 1200. The van der Waals surface area contributed by atoms with E-state index in [1.165, 1.54) is 18.5 Å². The Morgan fingerprint density at radius 2 is 1.02 bits per heavy atom. The number of hydrogen-bond donors (Lipinski definition) is 4. The van der Waals surface area contributed by atoms with Crippen molar-refractivity contribution in [2.45, 2.75) is 50.6 Å². The molecule has 9 heteroatoms. The minimum absolute atomic E-state index is 0.139. The molecule has 0 aliphatic carbocycles. The summed E-state index contributed by atoms with van der Waals surface area (Å²) in [4.78, 5) is 56.6. The van der Waals surface area contributed by atoms with Crippen LogP contribution in [0.15, 0.2) is 79.1 Å². The first-order valence-corrected chi connectivity index (χ1v) is 13.7. The highest BCUT2D eigenvalue weighted by atomic mass is 16.2. The fourth-order valence-corrected chi connectivity index (χ4v) is 4.56. The normalized spacial score (nSPS) is 19.6. The van der Waals surface area contributed by atoms with Gasteiger partial charge in [0.05, 0.1) is 11.1 Å². The molecular formula is C31H35N5O4. The van der Waals surface area contributed by atoms with Gasteiger partial charge in [-0.3, -0.25) is 24.2 Å². The minimum atomic E-state index is -0.799. The number of aromatic nitrogens is 1. The van der Waals surface area contributed by atoms with Crippen LogP contribution >= 0.6 is 0 Å². The maximum Gasteiger partial charge on any atom is 0.253 e. The summed E-state index contributed by atoms with van der Waals surface area (Å²) in [6.07, 6.45) is 6.66. The first-order chi connectivity index (χ1) is 19.5. The molecule has 1 aliphatic rings. The van der Waals surface area contributed by atoms with Gasteiger partial charge in [0, 0.05) is 38.3 Å². The van der Waals surface area contributed by atoms with E-state index in [2.05, 4.69) is 26.3 Å². The average molecular weight is 542 g/mol. The van der Waals surface area contributed by atoms with Crippen molar-refractivity contribution in [1.29, 1.82) is 0 Å². The lowest BCUT2D eigenvalue weighted by Crippen LogP contribution is -2.48. The summed E-state index contributed by atoms with van der Waals surface area (Å²) in [5.41, 5.74) is 2.10. The van der Waals surface area contributed by atoms with Crippen molar-refractivity contribution in [2.24, 2.45) is 0 Å². The van der Waals surface area contributed by atoms with E-state index in [-0.39, 0.29) is 22.9 Å². The highest BCUT2D eigenvalue weighted by Gasteiger charge is 2.25. The summed E-state index contributed by atoms with van der Waals surface area (Å²) in [6.45, 7) is 0.974. The first-order valence-electron chi connectivity index (χ1n) is 13.7. The van der Waals surface area contributed by atoms with E-state index in [1.807, 2.05) is 60.7 Å². The van der Waals surface area contributed by atoms with Gasteiger partial charge in [0.1, 0.15) is 12.1 Å². The molecule has 0 fully saturated rings. The lowest BCUT2D eigenvalue weighted by atomic mass is 10.0. The van der Waals surface area contributed by atoms with E-state index >= 15 is 0 Å². The summed E-state index contributed by atoms with van der Waals surface area (Å²) >= 11 is 0. The molecule has 3 aromatic rings. The number of rotatable bonds is 4. The summed E-state index contributed by atoms with van der Waals surface area (Å²) in [5, 5.41) is 11.5. The predicted octanol–water partition coefficient (Wildman–Crippen LogP) is 2.57. The Morgan fingerprint density at radius 1 is 0.600 bits per heavy atom. The van der Waals surface area contributed by atoms with Crippen LogP contribution in [0.2, 0.25) is 0 Å². The van der Waals surface area contributed by atoms with Crippen LogP contribution in [0.3, 0.4) is 0 Å². The van der Waals surface area contributed by atoms with Crippen LogP contribution in [-0.2, 0) is 22.4 Å². The van der Waals surface area contributed by atoms with Gasteiger partial charge in [-0.15, -0.1) is 0 Å². The molecule has 2 heterocycles. The molecule has 0 radical (unpaired) electrons. The maximum absolute atomic E-state index is 13.2. The standard InChI is InChI=1S/C31H35N5O4/c37-28-24-19-25(21-32-20-24)29(38)36-27(18-23-13-7-4-8-14-23)31(40)34-16-10-2-1-9-15-33-30(39)26(35-28)17-22-11-5-3-6-12-22/h3-8,11-14,19-21,26-27H,1-2,9-10,15-18H2,(H,33,39)(H,34,40)(H,35,37)(H,36,38)/t26-,27-/m0/s1. The van der Waals surface area contributed by atoms with Gasteiger partial charge in [0.15, 0.2) is 0 Å². The molecule has 1 aromatic heterocycles. The number of nitrogens with zero attached hydrogens (tertiary/aromatic N) is 1. The second kappa shape index (κ2) is 14.6. The van der Waals surface area contributed by atoms with Gasteiger partial charge in [0.2, 0.25) is 11.8 Å². The van der Waals surface area contributed by atoms with Crippen LogP contribution in [0.5, 0.6) is 0 Å². The number of amides is 4. The van der Waals surface area contributed by atoms with E-state index in [9.17, 15) is 19.2 Å². The third kappa shape index (κ3) is 8.49. The molecule has 1 aliphatic heterocycles. The molecule has 2 aromatic carbocycles. The molecule has 40 heavy (non-hydrogen) atoms. The molecule has 2 bridgehead atoms. The van der Waals surface area contributed by atoms with Crippen LogP contribution in [0.4, 0.5) is 0 Å². The predicted molar refractivity (Wildman–Crippen MR) is 152 cm³/mol. The fraction of sp³-hybridized carbons (Fsp3) is 0.323. The zero-order valence-electron chi connectivity index (χ0n) is 22.4. The lowest BCUT2D eigenvalue weighted by molar-refractivity contribution is -0.123. The summed E-state index contributed by atoms with van der Waals surface area (Å²) < 4.78 is 0. The van der Waals surface area contributed by atoms with Crippen LogP contribution in [0, 0.1) is 0 Å². The van der Waals surface area contributed by atoms with E-state index < -0.39 is 23.9 Å². The molecule has 4 rings (SSSR count). The Kier molecular flexibility index (Phi) is 10.4. The van der Waals surface area contributed by atoms with E-state index in [1.54, 1.807) is 0 Å². The molecule has 0 spiro atoms. The van der Waals surface area contributed by atoms with Gasteiger partial charge < -0.3 is 21.3 Å². The highest BCUT2D eigenvalue weighted by molar-refractivity contribution is 6.02. The van der Waals surface area contributed by atoms with E-state index in [0.29, 0.717) is 25.9 Å². The number of carbonyl (C=O) groups excluding carboxylic acids is 4. The monoisotopic (exact) mass is 541 g/mol. The smallest absolute Gasteiger partial charge is 0.253 e. The maximum atomic E-state index is 13.2. The molecule has 0 saturated heterocycles. The van der Waals surface area contributed by atoms with Gasteiger partial charge in [-0.25, -0.2) is 0 Å². The Morgan fingerprint density at radius 3 is 1.45 bits per heavy atom. The van der Waals surface area contributed by atoms with Gasteiger partial charge in [-0.1, -0.05) is 73.5 Å². The molecule has 208 valence electrons. The Balaban J connectivity index is 1.56. The molecule has 4 N–H and O–H groups in total. The van der Waals surface area contributed by atoms with Crippen molar-refractivity contribution in [2.75, 3.05) is 13.1 Å². The highest BCUT2D eigenvalue weighted by Crippen LogP contribution is 2.10. The Labute approximate surface area is 234 Å². The zero-order chi connectivity index (χ0) is 28.2. The van der Waals surface area contributed by atoms with Crippen molar-refractivity contribution in [1.82, 2.24) is 26.3 Å². The molecule has 0 unspecified atom stereocenters. The quantitative estimate of drug-likeness (QED) is 0.404. The molecule has 4 amide bonds. The van der Waals surface area contributed by atoms with Crippen LogP contribution in [0.25, 0.3) is 0 Å². The number of hydrogen-bond acceptors (Lipinski definition) is 5. The summed E-state index contributed by atoms with van der Waals surface area (Å²) in [7, 11) is 0. The number of carbonyl (C=O) groups is 4. The first kappa shape index (κ1) is 28.5. The van der Waals surface area contributed by atoms with Gasteiger partial charge in [-0.2, -0.15) is 0 Å². The van der Waals surface area contributed by atoms with Gasteiger partial charge in [0.25, 0.3) is 11.8 Å². The van der Waals surface area contributed by atoms with Crippen molar-refractivity contribution in [3.8, 4) is 0 Å². The number of nitrogens with one attached hydrogen (secondary N) is 4. The van der Waals surface area contributed by atoms with Gasteiger partial charge >= 0.3 is 0 Å². The minimum Gasteiger partial charge on any atom is -0.354 e. The lowest BCUT2D eigenvalue weighted by Gasteiger charge is -2.19. The fourth-order valence-electron chi connectivity index (χ4n) is 4.56. The van der Waals surface area contributed by atoms with Crippen LogP contribution < -0.4 is 21.3 Å². The van der Waals surface area contributed by atoms with Crippen molar-refractivity contribution >= 4 is 23.6 Å². The van der Waals surface area contributed by atoms with Crippen molar-refractivity contribution in [3.63, 3.8) is 0 Å². The third-order valence-corrected chi connectivity index (χ3v) is 6.77. The second-order valence-electron chi connectivity index (χ2n) is 9.89. The van der Waals surface area contributed by atoms with Gasteiger partial charge in [-0.05, 0) is 30.0 Å².